The molecule has 0 aliphatic heterocycles. The fourth-order valence-electron chi connectivity index (χ4n) is 1.38. The second kappa shape index (κ2) is 4.28. The van der Waals surface area contributed by atoms with Crippen molar-refractivity contribution in [3.8, 4) is 0 Å². The number of halogens is 1. The van der Waals surface area contributed by atoms with Gasteiger partial charge in [0.1, 0.15) is 5.00 Å². The molecule has 14 heavy (non-hydrogen) atoms. The first-order valence-electron chi connectivity index (χ1n) is 4.44. The quantitative estimate of drug-likeness (QED) is 0.797. The minimum absolute atomic E-state index is 0.982. The van der Waals surface area contributed by atoms with Crippen LogP contribution < -0.4 is 4.90 Å². The van der Waals surface area contributed by atoms with Gasteiger partial charge in [0.15, 0.2) is 0 Å². The van der Waals surface area contributed by atoms with Gasteiger partial charge in [-0.05, 0) is 23.7 Å². The van der Waals surface area contributed by atoms with E-state index in [-0.39, 0.29) is 0 Å². The molecule has 0 atom stereocenters. The minimum Gasteiger partial charge on any atom is -0.364 e. The predicted octanol–water partition coefficient (Wildman–Crippen LogP) is 3.13. The molecule has 0 aliphatic rings. The molecule has 0 saturated carbocycles. The smallest absolute Gasteiger partial charge is 0.119 e. The zero-order valence-electron chi connectivity index (χ0n) is 7.90. The lowest BCUT2D eigenvalue weighted by Crippen LogP contribution is -2.18. The van der Waals surface area contributed by atoms with Crippen LogP contribution in [0.2, 0.25) is 0 Å². The van der Waals surface area contributed by atoms with Crippen LogP contribution in [0.5, 0.6) is 0 Å². The van der Waals surface area contributed by atoms with Gasteiger partial charge in [-0.15, -0.1) is 0 Å². The van der Waals surface area contributed by atoms with Crippen LogP contribution in [0.25, 0.3) is 10.9 Å². The van der Waals surface area contributed by atoms with Crippen molar-refractivity contribution in [2.75, 3.05) is 23.8 Å². The fraction of sp³-hybridized carbons (Fsp3) is 0.300. The van der Waals surface area contributed by atoms with Gasteiger partial charge in [-0.1, -0.05) is 28.1 Å². The Morgan fingerprint density at radius 1 is 1.43 bits per heavy atom. The van der Waals surface area contributed by atoms with Gasteiger partial charge in [0.2, 0.25) is 0 Å². The molecule has 0 amide bonds. The topological polar surface area (TPSA) is 16.1 Å². The van der Waals surface area contributed by atoms with Crippen LogP contribution in [-0.4, -0.2) is 23.3 Å². The zero-order valence-corrected chi connectivity index (χ0v) is 10.3. The molecule has 0 fully saturated rings. The van der Waals surface area contributed by atoms with Gasteiger partial charge in [-0.3, -0.25) is 0 Å². The predicted molar refractivity (Wildman–Crippen MR) is 66.7 cm³/mol. The highest BCUT2D eigenvalue weighted by molar-refractivity contribution is 9.09. The van der Waals surface area contributed by atoms with Gasteiger partial charge in [0.25, 0.3) is 0 Å². The van der Waals surface area contributed by atoms with Crippen molar-refractivity contribution in [3.63, 3.8) is 0 Å². The molecule has 2 rings (SSSR count). The van der Waals surface area contributed by atoms with Crippen LogP contribution in [0.4, 0.5) is 5.00 Å². The Morgan fingerprint density at radius 2 is 2.21 bits per heavy atom. The van der Waals surface area contributed by atoms with E-state index in [1.807, 2.05) is 6.07 Å². The number of aromatic nitrogens is 1. The van der Waals surface area contributed by atoms with Gasteiger partial charge >= 0.3 is 0 Å². The van der Waals surface area contributed by atoms with Crippen molar-refractivity contribution in [3.05, 3.63) is 24.3 Å². The van der Waals surface area contributed by atoms with Crippen molar-refractivity contribution in [1.29, 1.82) is 0 Å². The van der Waals surface area contributed by atoms with E-state index < -0.39 is 0 Å². The number of alkyl halides is 1. The molecule has 0 aliphatic carbocycles. The van der Waals surface area contributed by atoms with Crippen LogP contribution in [0, 0.1) is 0 Å². The molecule has 1 aromatic heterocycles. The second-order valence-electron chi connectivity index (χ2n) is 3.12. The van der Waals surface area contributed by atoms with Crippen LogP contribution in [0.3, 0.4) is 0 Å². The molecule has 0 radical (unpaired) electrons. The summed E-state index contributed by atoms with van der Waals surface area (Å²) in [5.41, 5.74) is 1.09. The third-order valence-corrected chi connectivity index (χ3v) is 3.48. The molecule has 0 N–H and O–H groups in total. The van der Waals surface area contributed by atoms with Crippen LogP contribution in [0.1, 0.15) is 0 Å². The molecule has 0 unspecified atom stereocenters. The maximum absolute atomic E-state index is 4.41. The maximum atomic E-state index is 4.41. The summed E-state index contributed by atoms with van der Waals surface area (Å²) in [7, 11) is 2.10. The summed E-state index contributed by atoms with van der Waals surface area (Å²) in [6.45, 7) is 1.01. The van der Waals surface area contributed by atoms with E-state index in [1.54, 1.807) is 11.5 Å². The summed E-state index contributed by atoms with van der Waals surface area (Å²) in [5, 5.41) is 3.48. The van der Waals surface area contributed by atoms with Crippen LogP contribution in [-0.2, 0) is 0 Å². The Morgan fingerprint density at radius 3 is 3.00 bits per heavy atom. The minimum atomic E-state index is 0.982. The van der Waals surface area contributed by atoms with E-state index >= 15 is 0 Å². The Labute approximate surface area is 95.8 Å². The Balaban J connectivity index is 2.42. The SMILES string of the molecule is CN(CCBr)c1snc2ccccc12. The molecule has 0 saturated heterocycles. The van der Waals surface area contributed by atoms with E-state index in [0.29, 0.717) is 0 Å². The van der Waals surface area contributed by atoms with Gasteiger partial charge in [-0.2, -0.15) is 4.37 Å². The van der Waals surface area contributed by atoms with E-state index in [0.717, 1.165) is 17.4 Å². The number of fused-ring (bicyclic) bond motifs is 1. The van der Waals surface area contributed by atoms with Crippen molar-refractivity contribution >= 4 is 43.4 Å². The summed E-state index contributed by atoms with van der Waals surface area (Å²) in [5.74, 6) is 0. The molecule has 2 aromatic rings. The largest absolute Gasteiger partial charge is 0.364 e. The average molecular weight is 271 g/mol. The summed E-state index contributed by atoms with van der Waals surface area (Å²) < 4.78 is 4.41. The Bertz CT molecular complexity index is 427. The lowest BCUT2D eigenvalue weighted by atomic mass is 10.2. The normalized spacial score (nSPS) is 10.7. The lowest BCUT2D eigenvalue weighted by Gasteiger charge is -2.14. The third kappa shape index (κ3) is 1.77. The van der Waals surface area contributed by atoms with Crippen LogP contribution in [0.15, 0.2) is 24.3 Å². The zero-order chi connectivity index (χ0) is 9.97. The maximum Gasteiger partial charge on any atom is 0.119 e. The number of anilines is 1. The lowest BCUT2D eigenvalue weighted by molar-refractivity contribution is 1.00. The van der Waals surface area contributed by atoms with Crippen molar-refractivity contribution in [2.24, 2.45) is 0 Å². The first kappa shape index (κ1) is 9.93. The highest BCUT2D eigenvalue weighted by atomic mass is 79.9. The molecule has 4 heteroatoms. The van der Waals surface area contributed by atoms with Gasteiger partial charge in [0, 0.05) is 24.3 Å². The van der Waals surface area contributed by atoms with Crippen molar-refractivity contribution in [2.45, 2.75) is 0 Å². The number of nitrogens with zero attached hydrogens (tertiary/aromatic N) is 2. The number of benzene rings is 1. The summed E-state index contributed by atoms with van der Waals surface area (Å²) >= 11 is 5.01. The second-order valence-corrected chi connectivity index (χ2v) is 4.66. The standard InChI is InChI=1S/C10H11BrN2S/c1-13(7-6-11)10-8-4-2-3-5-9(8)12-14-10/h2-5H,6-7H2,1H3. The van der Waals surface area contributed by atoms with E-state index in [2.05, 4.69) is 50.5 Å². The molecule has 0 spiro atoms. The molecule has 1 heterocycles. The van der Waals surface area contributed by atoms with E-state index in [1.165, 1.54) is 10.4 Å². The summed E-state index contributed by atoms with van der Waals surface area (Å²) in [6.07, 6.45) is 0. The molecule has 2 nitrogen and oxygen atoms in total. The Kier molecular flexibility index (Phi) is 3.03. The molecule has 0 bridgehead atoms. The van der Waals surface area contributed by atoms with Gasteiger partial charge in [-0.25, -0.2) is 0 Å². The first-order valence-corrected chi connectivity index (χ1v) is 6.34. The van der Waals surface area contributed by atoms with E-state index in [4.69, 9.17) is 0 Å². The first-order chi connectivity index (χ1) is 6.83. The van der Waals surface area contributed by atoms with Crippen molar-refractivity contribution in [1.82, 2.24) is 4.37 Å². The average Bonchev–Trinajstić information content (AvgIpc) is 2.61. The third-order valence-electron chi connectivity index (χ3n) is 2.13. The highest BCUT2D eigenvalue weighted by Gasteiger charge is 2.08. The Hall–Kier alpha value is -0.610. The van der Waals surface area contributed by atoms with Crippen molar-refractivity contribution < 1.29 is 0 Å². The molecular formula is C10H11BrN2S. The summed E-state index contributed by atoms with van der Waals surface area (Å²) in [4.78, 5) is 2.23. The van der Waals surface area contributed by atoms with Gasteiger partial charge in [0.05, 0.1) is 5.52 Å². The van der Waals surface area contributed by atoms with E-state index in [9.17, 15) is 0 Å². The number of hydrogen-bond acceptors (Lipinski definition) is 3. The van der Waals surface area contributed by atoms with Crippen LogP contribution >= 0.6 is 27.5 Å². The number of hydrogen-bond donors (Lipinski definition) is 0. The molecule has 1 aromatic carbocycles. The monoisotopic (exact) mass is 270 g/mol. The highest BCUT2D eigenvalue weighted by Crippen LogP contribution is 2.29. The summed E-state index contributed by atoms with van der Waals surface area (Å²) in [6, 6.07) is 8.26. The number of rotatable bonds is 3. The molecular weight excluding hydrogens is 260 g/mol. The molecule has 74 valence electrons. The fourth-order valence-corrected chi connectivity index (χ4v) is 2.76. The van der Waals surface area contributed by atoms with Gasteiger partial charge < -0.3 is 4.90 Å².